The van der Waals surface area contributed by atoms with E-state index in [1.54, 1.807) is 71.9 Å². The second-order valence-corrected chi connectivity index (χ2v) is 12.6. The van der Waals surface area contributed by atoms with E-state index in [0.717, 1.165) is 33.6 Å². The van der Waals surface area contributed by atoms with Gasteiger partial charge in [-0.1, -0.05) is 71.5 Å². The minimum Gasteiger partial charge on any atom is -0.324 e. The molecule has 1 unspecified atom stereocenters. The molecule has 2 amide bonds. The van der Waals surface area contributed by atoms with Gasteiger partial charge >= 0.3 is 6.03 Å². The fourth-order valence-electron chi connectivity index (χ4n) is 4.84. The van der Waals surface area contributed by atoms with E-state index in [1.165, 1.54) is 24.3 Å². The van der Waals surface area contributed by atoms with Gasteiger partial charge in [0.1, 0.15) is 27.5 Å². The van der Waals surface area contributed by atoms with Gasteiger partial charge in [0, 0.05) is 49.9 Å². The number of hydrogen-bond acceptors (Lipinski definition) is 6. The zero-order chi connectivity index (χ0) is 32.5. The molecule has 0 spiro atoms. The van der Waals surface area contributed by atoms with Crippen molar-refractivity contribution in [3.8, 4) is 11.3 Å². The molecule has 9 nitrogen and oxygen atoms in total. The van der Waals surface area contributed by atoms with Crippen molar-refractivity contribution in [2.75, 3.05) is 18.4 Å². The zero-order valence-electron chi connectivity index (χ0n) is 24.3. The summed E-state index contributed by atoms with van der Waals surface area (Å²) in [5.41, 5.74) is 3.67. The summed E-state index contributed by atoms with van der Waals surface area (Å²) in [6.45, 7) is 0.816. The number of halogens is 3. The molecule has 0 bridgehead atoms. The molecule has 3 aromatic carbocycles. The third-order valence-corrected chi connectivity index (χ3v) is 8.73. The fourth-order valence-corrected chi connectivity index (χ4v) is 6.20. The first kappa shape index (κ1) is 33.2. The molecular weight excluding hydrogens is 654 g/mol. The Morgan fingerprint density at radius 2 is 1.54 bits per heavy atom. The van der Waals surface area contributed by atoms with Gasteiger partial charge in [0.2, 0.25) is 11.3 Å². The summed E-state index contributed by atoms with van der Waals surface area (Å²) in [6.07, 6.45) is 4.15. The summed E-state index contributed by atoms with van der Waals surface area (Å²) in [5.74, 6) is -0.378. The number of aromatic nitrogens is 3. The predicted octanol–water partition coefficient (Wildman–Crippen LogP) is 7.06. The lowest BCUT2D eigenvalue weighted by atomic mass is 9.88. The average Bonchev–Trinajstić information content (AvgIpc) is 3.43. The topological polar surface area (TPSA) is 120 Å². The summed E-state index contributed by atoms with van der Waals surface area (Å²) in [4.78, 5) is 28.4. The van der Waals surface area contributed by atoms with Crippen LogP contribution in [0, 0.1) is 11.6 Å². The number of anilines is 1. The van der Waals surface area contributed by atoms with Crippen LogP contribution >= 0.6 is 22.9 Å². The number of nitrogens with zero attached hydrogens (tertiary/aromatic N) is 4. The Morgan fingerprint density at radius 3 is 2.13 bits per heavy atom. The molecule has 0 saturated carbocycles. The minimum absolute atomic E-state index is 0.211. The lowest BCUT2D eigenvalue weighted by Crippen LogP contribution is -2.38. The number of amides is 2. The van der Waals surface area contributed by atoms with Gasteiger partial charge in [-0.3, -0.25) is 9.87 Å². The second-order valence-electron chi connectivity index (χ2n) is 10.2. The minimum atomic E-state index is -2.12. The Labute approximate surface area is 276 Å². The van der Waals surface area contributed by atoms with Crippen molar-refractivity contribution in [2.24, 2.45) is 0 Å². The number of nitrogens with one attached hydrogen (secondary N) is 2. The molecule has 5 aromatic rings. The van der Waals surface area contributed by atoms with Crippen LogP contribution in [-0.4, -0.2) is 47.7 Å². The first-order valence-electron chi connectivity index (χ1n) is 14.2. The lowest BCUT2D eigenvalue weighted by molar-refractivity contribution is 0.210. The van der Waals surface area contributed by atoms with Crippen molar-refractivity contribution < 1.29 is 22.3 Å². The Morgan fingerprint density at radius 1 is 0.935 bits per heavy atom. The lowest BCUT2D eigenvalue weighted by Gasteiger charge is -2.26. The van der Waals surface area contributed by atoms with Gasteiger partial charge in [0.15, 0.2) is 5.13 Å². The molecule has 0 aliphatic rings. The standard InChI is InChI=1S/C32H29ClF2N6O3S2/c33-30-29(24-4-2-21(3-5-24)20-38-46(43)44)39-31(45-30)40-32(42)41(19-15-28-36-16-1-17-37-28)18-14-27(22-6-10-25(34)11-7-22)23-8-12-26(35)13-9-23/h1-13,16-17,27,38H,14-15,18-20H2,(H,43,44)(H,39,40,42). The van der Waals surface area contributed by atoms with E-state index in [2.05, 4.69) is 25.0 Å². The number of carbonyl (C=O) groups is 1. The molecule has 238 valence electrons. The van der Waals surface area contributed by atoms with Crippen molar-refractivity contribution in [2.45, 2.75) is 25.3 Å². The summed E-state index contributed by atoms with van der Waals surface area (Å²) >= 11 is 5.53. The maximum atomic E-state index is 13.7. The zero-order valence-corrected chi connectivity index (χ0v) is 26.7. The smallest absolute Gasteiger partial charge is 0.323 e. The SMILES string of the molecule is O=C(Nc1nc(-c2ccc(CNS(=O)O)cc2)c(Cl)s1)N(CCc1ncccn1)CCC(c1ccc(F)cc1)c1ccc(F)cc1. The van der Waals surface area contributed by atoms with Crippen molar-refractivity contribution in [1.82, 2.24) is 24.6 Å². The molecule has 2 aromatic heterocycles. The van der Waals surface area contributed by atoms with Crippen LogP contribution in [0.15, 0.2) is 91.3 Å². The maximum Gasteiger partial charge on any atom is 0.323 e. The van der Waals surface area contributed by atoms with Gasteiger partial charge < -0.3 is 4.90 Å². The van der Waals surface area contributed by atoms with E-state index in [9.17, 15) is 17.8 Å². The third kappa shape index (κ3) is 9.21. The normalized spacial score (nSPS) is 11.8. The molecule has 2 heterocycles. The summed E-state index contributed by atoms with van der Waals surface area (Å²) in [5, 5.41) is 3.18. The Bertz CT molecular complexity index is 1720. The van der Waals surface area contributed by atoms with Gasteiger partial charge in [0.25, 0.3) is 0 Å². The number of urea groups is 1. The van der Waals surface area contributed by atoms with E-state index in [4.69, 9.17) is 16.2 Å². The number of thiazole rings is 1. The van der Waals surface area contributed by atoms with Gasteiger partial charge in [-0.05, 0) is 53.4 Å². The van der Waals surface area contributed by atoms with Crippen LogP contribution in [0.5, 0.6) is 0 Å². The first-order chi connectivity index (χ1) is 22.2. The highest BCUT2D eigenvalue weighted by Crippen LogP contribution is 2.35. The number of benzene rings is 3. The van der Waals surface area contributed by atoms with Gasteiger partial charge in [0.05, 0.1) is 0 Å². The largest absolute Gasteiger partial charge is 0.324 e. The van der Waals surface area contributed by atoms with Gasteiger partial charge in [-0.2, -0.15) is 0 Å². The molecule has 0 saturated heterocycles. The van der Waals surface area contributed by atoms with Crippen molar-refractivity contribution in [1.29, 1.82) is 0 Å². The van der Waals surface area contributed by atoms with Crippen LogP contribution in [0.1, 0.15) is 34.9 Å². The summed E-state index contributed by atoms with van der Waals surface area (Å²) in [7, 11) is 0. The van der Waals surface area contributed by atoms with Crippen LogP contribution in [0.3, 0.4) is 0 Å². The molecule has 0 fully saturated rings. The highest BCUT2D eigenvalue weighted by Gasteiger charge is 2.22. The molecule has 14 heteroatoms. The molecule has 3 N–H and O–H groups in total. The highest BCUT2D eigenvalue weighted by atomic mass is 35.5. The quantitative estimate of drug-likeness (QED) is 0.114. The summed E-state index contributed by atoms with van der Waals surface area (Å²) in [6, 6.07) is 20.8. The fraction of sp³-hybridized carbons (Fsp3) is 0.188. The van der Waals surface area contributed by atoms with Crippen molar-refractivity contribution in [3.63, 3.8) is 0 Å². The molecule has 46 heavy (non-hydrogen) atoms. The van der Waals surface area contributed by atoms with E-state index in [-0.39, 0.29) is 24.1 Å². The van der Waals surface area contributed by atoms with Crippen LogP contribution < -0.4 is 10.0 Å². The Hall–Kier alpha value is -4.14. The van der Waals surface area contributed by atoms with E-state index >= 15 is 0 Å². The number of hydrogen-bond donors (Lipinski definition) is 3. The first-order valence-corrected chi connectivity index (χ1v) is 16.5. The maximum absolute atomic E-state index is 13.7. The van der Waals surface area contributed by atoms with E-state index in [0.29, 0.717) is 46.9 Å². The Kier molecular flexibility index (Phi) is 11.5. The Balaban J connectivity index is 1.34. The van der Waals surface area contributed by atoms with Gasteiger partial charge in [-0.25, -0.2) is 37.5 Å². The molecule has 0 aliphatic heterocycles. The van der Waals surface area contributed by atoms with E-state index < -0.39 is 17.3 Å². The molecular formula is C32H29ClF2N6O3S2. The van der Waals surface area contributed by atoms with Crippen LogP contribution in [0.25, 0.3) is 11.3 Å². The van der Waals surface area contributed by atoms with Crippen molar-refractivity contribution >= 4 is 45.4 Å². The van der Waals surface area contributed by atoms with Crippen LogP contribution in [0.4, 0.5) is 18.7 Å². The third-order valence-electron chi connectivity index (χ3n) is 7.17. The van der Waals surface area contributed by atoms with Crippen molar-refractivity contribution in [3.05, 3.63) is 130 Å². The second kappa shape index (κ2) is 15.9. The number of rotatable bonds is 13. The predicted molar refractivity (Wildman–Crippen MR) is 176 cm³/mol. The van der Waals surface area contributed by atoms with E-state index in [1.807, 2.05) is 0 Å². The van der Waals surface area contributed by atoms with Crippen LogP contribution in [0.2, 0.25) is 4.34 Å². The van der Waals surface area contributed by atoms with Gasteiger partial charge in [-0.15, -0.1) is 0 Å². The van der Waals surface area contributed by atoms with Crippen LogP contribution in [-0.2, 0) is 24.2 Å². The molecule has 0 radical (unpaired) electrons. The highest BCUT2D eigenvalue weighted by molar-refractivity contribution is 7.77. The summed E-state index contributed by atoms with van der Waals surface area (Å²) < 4.78 is 50.1. The molecule has 5 rings (SSSR count). The average molecular weight is 683 g/mol. The molecule has 1 atom stereocenters. The number of carbonyl (C=O) groups excluding carboxylic acids is 1. The monoisotopic (exact) mass is 682 g/mol. The molecule has 0 aliphatic carbocycles.